The molecule has 1 amide bonds. The molecule has 0 radical (unpaired) electrons. The van der Waals surface area contributed by atoms with Crippen molar-refractivity contribution in [2.45, 2.75) is 19.4 Å². The number of hydrogen-bond acceptors (Lipinski definition) is 2. The molecule has 0 aliphatic carbocycles. The Bertz CT molecular complexity index is 847. The summed E-state index contributed by atoms with van der Waals surface area (Å²) < 4.78 is 0. The number of nitrogens with one attached hydrogen (secondary N) is 1. The maximum absolute atomic E-state index is 12.6. The van der Waals surface area contributed by atoms with Crippen LogP contribution in [0.2, 0.25) is 5.02 Å². The van der Waals surface area contributed by atoms with Crippen molar-refractivity contribution < 1.29 is 4.79 Å². The zero-order valence-electron chi connectivity index (χ0n) is 13.9. The molecule has 0 unspecified atom stereocenters. The van der Waals surface area contributed by atoms with Crippen molar-refractivity contribution in [2.24, 2.45) is 0 Å². The van der Waals surface area contributed by atoms with Crippen LogP contribution in [0, 0.1) is 6.92 Å². The van der Waals surface area contributed by atoms with Crippen molar-refractivity contribution in [3.63, 3.8) is 0 Å². The number of aromatic nitrogens is 1. The van der Waals surface area contributed by atoms with E-state index in [1.165, 1.54) is 0 Å². The van der Waals surface area contributed by atoms with Gasteiger partial charge in [0.1, 0.15) is 0 Å². The summed E-state index contributed by atoms with van der Waals surface area (Å²) in [5, 5.41) is 3.79. The van der Waals surface area contributed by atoms with Crippen LogP contribution in [0.4, 0.5) is 0 Å². The molecule has 0 saturated heterocycles. The van der Waals surface area contributed by atoms with Gasteiger partial charge in [-0.25, -0.2) is 0 Å². The molecule has 3 nitrogen and oxygen atoms in total. The molecule has 1 N–H and O–H groups in total. The SMILES string of the molecule is Cc1ccccc1CC(=O)N[C@H](c1ccc(Cl)cc1)c1cccnc1. The third kappa shape index (κ3) is 4.46. The standard InChI is InChI=1S/C21H19ClN2O/c1-15-5-2-3-6-17(15)13-20(25)24-21(18-7-4-12-23-14-18)16-8-10-19(22)11-9-16/h2-12,14,21H,13H2,1H3,(H,24,25)/t21-/m1/s1. The fourth-order valence-electron chi connectivity index (χ4n) is 2.75. The largest absolute Gasteiger partial charge is 0.345 e. The van der Waals surface area contributed by atoms with E-state index in [4.69, 9.17) is 11.6 Å². The van der Waals surface area contributed by atoms with Gasteiger partial charge < -0.3 is 5.32 Å². The lowest BCUT2D eigenvalue weighted by molar-refractivity contribution is -0.120. The van der Waals surface area contributed by atoms with E-state index < -0.39 is 0 Å². The van der Waals surface area contributed by atoms with Crippen LogP contribution in [0.25, 0.3) is 0 Å². The van der Waals surface area contributed by atoms with E-state index in [-0.39, 0.29) is 11.9 Å². The van der Waals surface area contributed by atoms with Crippen molar-refractivity contribution in [3.8, 4) is 0 Å². The topological polar surface area (TPSA) is 42.0 Å². The van der Waals surface area contributed by atoms with Gasteiger partial charge in [-0.15, -0.1) is 0 Å². The summed E-state index contributed by atoms with van der Waals surface area (Å²) in [5.74, 6) is -0.0295. The van der Waals surface area contributed by atoms with E-state index in [0.29, 0.717) is 11.4 Å². The first-order valence-electron chi connectivity index (χ1n) is 8.13. The number of hydrogen-bond donors (Lipinski definition) is 1. The number of halogens is 1. The van der Waals surface area contributed by atoms with E-state index in [1.54, 1.807) is 12.4 Å². The van der Waals surface area contributed by atoms with Crippen LogP contribution < -0.4 is 5.32 Å². The maximum Gasteiger partial charge on any atom is 0.225 e. The molecule has 1 aromatic heterocycles. The number of carbonyl (C=O) groups is 1. The minimum absolute atomic E-state index is 0.0295. The highest BCUT2D eigenvalue weighted by Gasteiger charge is 2.17. The van der Waals surface area contributed by atoms with Gasteiger partial charge in [0.2, 0.25) is 5.91 Å². The molecule has 126 valence electrons. The van der Waals surface area contributed by atoms with Crippen LogP contribution in [-0.4, -0.2) is 10.9 Å². The second kappa shape index (κ2) is 7.95. The van der Waals surface area contributed by atoms with E-state index in [9.17, 15) is 4.79 Å². The Morgan fingerprint density at radius 1 is 1.04 bits per heavy atom. The van der Waals surface area contributed by atoms with Crippen molar-refractivity contribution in [1.82, 2.24) is 10.3 Å². The summed E-state index contributed by atoms with van der Waals surface area (Å²) >= 11 is 5.99. The molecule has 0 bridgehead atoms. The highest BCUT2D eigenvalue weighted by Crippen LogP contribution is 2.23. The molecule has 0 spiro atoms. The van der Waals surface area contributed by atoms with Crippen LogP contribution in [0.1, 0.15) is 28.3 Å². The maximum atomic E-state index is 12.6. The third-order valence-corrected chi connectivity index (χ3v) is 4.39. The van der Waals surface area contributed by atoms with E-state index >= 15 is 0 Å². The predicted octanol–water partition coefficient (Wildman–Crippen LogP) is 4.49. The number of amides is 1. The number of benzene rings is 2. The summed E-state index contributed by atoms with van der Waals surface area (Å²) in [6, 6.07) is 19.0. The molecule has 0 aliphatic heterocycles. The Kier molecular flexibility index (Phi) is 5.46. The number of nitrogens with zero attached hydrogens (tertiary/aromatic N) is 1. The van der Waals surface area contributed by atoms with E-state index in [2.05, 4.69) is 10.3 Å². The van der Waals surface area contributed by atoms with Crippen LogP contribution in [0.3, 0.4) is 0 Å². The van der Waals surface area contributed by atoms with Crippen LogP contribution in [-0.2, 0) is 11.2 Å². The fraction of sp³-hybridized carbons (Fsp3) is 0.143. The summed E-state index contributed by atoms with van der Waals surface area (Å²) in [4.78, 5) is 16.8. The second-order valence-electron chi connectivity index (χ2n) is 5.94. The number of rotatable bonds is 5. The van der Waals surface area contributed by atoms with E-state index in [1.807, 2.05) is 67.6 Å². The molecule has 25 heavy (non-hydrogen) atoms. The normalized spacial score (nSPS) is 11.8. The first-order chi connectivity index (χ1) is 12.1. The van der Waals surface area contributed by atoms with Gasteiger partial charge >= 0.3 is 0 Å². The lowest BCUT2D eigenvalue weighted by atomic mass is 9.99. The lowest BCUT2D eigenvalue weighted by Crippen LogP contribution is -2.30. The van der Waals surface area contributed by atoms with E-state index in [0.717, 1.165) is 22.3 Å². The zero-order valence-corrected chi connectivity index (χ0v) is 14.7. The van der Waals surface area contributed by atoms with Crippen molar-refractivity contribution >= 4 is 17.5 Å². The summed E-state index contributed by atoms with van der Waals surface area (Å²) in [6.45, 7) is 2.01. The third-order valence-electron chi connectivity index (χ3n) is 4.14. The van der Waals surface area contributed by atoms with Gasteiger partial charge in [-0.05, 0) is 47.4 Å². The average Bonchev–Trinajstić information content (AvgIpc) is 2.63. The summed E-state index contributed by atoms with van der Waals surface area (Å²) in [5.41, 5.74) is 4.04. The molecule has 1 heterocycles. The van der Waals surface area contributed by atoms with Gasteiger partial charge in [-0.2, -0.15) is 0 Å². The van der Waals surface area contributed by atoms with Gasteiger partial charge in [0.15, 0.2) is 0 Å². The molecule has 0 aliphatic rings. The molecular weight excluding hydrogens is 332 g/mol. The quantitative estimate of drug-likeness (QED) is 0.736. The van der Waals surface area contributed by atoms with Crippen LogP contribution in [0.5, 0.6) is 0 Å². The van der Waals surface area contributed by atoms with Gasteiger partial charge in [0.05, 0.1) is 12.5 Å². The summed E-state index contributed by atoms with van der Waals surface area (Å²) in [7, 11) is 0. The van der Waals surface area contributed by atoms with Gasteiger partial charge in [-0.3, -0.25) is 9.78 Å². The minimum atomic E-state index is -0.262. The second-order valence-corrected chi connectivity index (χ2v) is 6.38. The Balaban J connectivity index is 1.84. The lowest BCUT2D eigenvalue weighted by Gasteiger charge is -2.20. The molecule has 0 fully saturated rings. The zero-order chi connectivity index (χ0) is 17.6. The van der Waals surface area contributed by atoms with Crippen molar-refractivity contribution in [3.05, 3.63) is 100 Å². The fourth-order valence-corrected chi connectivity index (χ4v) is 2.88. The Morgan fingerprint density at radius 3 is 2.48 bits per heavy atom. The van der Waals surface area contributed by atoms with Crippen molar-refractivity contribution in [1.29, 1.82) is 0 Å². The number of aryl methyl sites for hydroxylation is 1. The van der Waals surface area contributed by atoms with Gasteiger partial charge in [-0.1, -0.05) is 54.1 Å². The van der Waals surface area contributed by atoms with Crippen LogP contribution in [0.15, 0.2) is 73.1 Å². The monoisotopic (exact) mass is 350 g/mol. The highest BCUT2D eigenvalue weighted by atomic mass is 35.5. The number of pyridine rings is 1. The molecule has 1 atom stereocenters. The Hall–Kier alpha value is -2.65. The minimum Gasteiger partial charge on any atom is -0.345 e. The Morgan fingerprint density at radius 2 is 1.80 bits per heavy atom. The number of carbonyl (C=O) groups excluding carboxylic acids is 1. The molecule has 3 rings (SSSR count). The molecular formula is C21H19ClN2O. The molecule has 3 aromatic rings. The molecule has 2 aromatic carbocycles. The summed E-state index contributed by atoms with van der Waals surface area (Å²) in [6.07, 6.45) is 3.84. The highest BCUT2D eigenvalue weighted by molar-refractivity contribution is 6.30. The Labute approximate surface area is 152 Å². The van der Waals surface area contributed by atoms with Crippen LogP contribution >= 0.6 is 11.6 Å². The average molecular weight is 351 g/mol. The van der Waals surface area contributed by atoms with Gasteiger partial charge in [0.25, 0.3) is 0 Å². The molecule has 0 saturated carbocycles. The first kappa shape index (κ1) is 17.2. The first-order valence-corrected chi connectivity index (χ1v) is 8.50. The molecule has 4 heteroatoms. The predicted molar refractivity (Wildman–Crippen MR) is 101 cm³/mol. The van der Waals surface area contributed by atoms with Gasteiger partial charge in [0, 0.05) is 17.4 Å². The van der Waals surface area contributed by atoms with Crippen molar-refractivity contribution in [2.75, 3.05) is 0 Å². The smallest absolute Gasteiger partial charge is 0.225 e.